The van der Waals surface area contributed by atoms with E-state index in [-0.39, 0.29) is 0 Å². The summed E-state index contributed by atoms with van der Waals surface area (Å²) in [5.74, 6) is -11.8. The van der Waals surface area contributed by atoms with E-state index in [4.69, 9.17) is 0 Å². The first-order valence-electron chi connectivity index (χ1n) is 6.22. The van der Waals surface area contributed by atoms with Gasteiger partial charge >= 0.3 is 0 Å². The van der Waals surface area contributed by atoms with Crippen molar-refractivity contribution in [3.63, 3.8) is 0 Å². The first-order valence-corrected chi connectivity index (χ1v) is 6.22. The molecule has 0 aromatic heterocycles. The molecule has 20 heavy (non-hydrogen) atoms. The lowest BCUT2D eigenvalue weighted by molar-refractivity contribution is -0.0359. The molecule has 2 rings (SSSR count). The van der Waals surface area contributed by atoms with E-state index < -0.39 is 47.0 Å². The van der Waals surface area contributed by atoms with Crippen molar-refractivity contribution in [2.45, 2.75) is 37.7 Å². The quantitative estimate of drug-likeness (QED) is 0.526. The third-order valence-corrected chi connectivity index (χ3v) is 3.44. The second kappa shape index (κ2) is 5.55. The molecule has 1 N–H and O–H groups in total. The molecule has 0 radical (unpaired) electrons. The Morgan fingerprint density at radius 1 is 0.800 bits per heavy atom. The van der Waals surface area contributed by atoms with Crippen LogP contribution in [0.15, 0.2) is 0 Å². The molecule has 0 atom stereocenters. The van der Waals surface area contributed by atoms with Gasteiger partial charge in [0, 0.05) is 0 Å². The summed E-state index contributed by atoms with van der Waals surface area (Å²) in [5.41, 5.74) is -1.29. The smallest absolute Gasteiger partial charge is 0.206 e. The Kier molecular flexibility index (Phi) is 4.17. The largest absolute Gasteiger partial charge is 0.484 e. The van der Waals surface area contributed by atoms with Crippen LogP contribution in [0.1, 0.15) is 32.1 Å². The van der Waals surface area contributed by atoms with E-state index in [1.54, 1.807) is 0 Å². The molecule has 1 aromatic carbocycles. The van der Waals surface area contributed by atoms with Crippen LogP contribution in [0, 0.1) is 29.1 Å². The Bertz CT molecular complexity index is 483. The maximum absolute atomic E-state index is 13.4. The summed E-state index contributed by atoms with van der Waals surface area (Å²) in [5, 5.41) is 10.1. The summed E-state index contributed by atoms with van der Waals surface area (Å²) in [4.78, 5) is 0. The van der Waals surface area contributed by atoms with Crippen LogP contribution in [0.25, 0.3) is 0 Å². The van der Waals surface area contributed by atoms with Crippen molar-refractivity contribution in [3.8, 4) is 5.75 Å². The van der Waals surface area contributed by atoms with Gasteiger partial charge in [0.25, 0.3) is 0 Å². The van der Waals surface area contributed by atoms with Gasteiger partial charge < -0.3 is 9.84 Å². The molecule has 112 valence electrons. The van der Waals surface area contributed by atoms with Gasteiger partial charge in [0.1, 0.15) is 6.61 Å². The fourth-order valence-corrected chi connectivity index (χ4v) is 2.27. The van der Waals surface area contributed by atoms with Gasteiger partial charge in [0.15, 0.2) is 5.75 Å². The molecule has 1 fully saturated rings. The molecule has 1 aromatic rings. The molecule has 2 nitrogen and oxygen atoms in total. The second-order valence-corrected chi connectivity index (χ2v) is 4.97. The minimum absolute atomic E-state index is 0.363. The number of ether oxygens (including phenoxy) is 1. The average Bonchev–Trinajstić information content (AvgIpc) is 2.44. The first-order chi connectivity index (χ1) is 9.36. The predicted octanol–water partition coefficient (Wildman–Crippen LogP) is 3.46. The summed E-state index contributed by atoms with van der Waals surface area (Å²) in [6, 6.07) is 0. The van der Waals surface area contributed by atoms with Crippen molar-refractivity contribution in [3.05, 3.63) is 29.1 Å². The molecular weight excluding hydrogens is 283 g/mol. The molecular formula is C13H13F5O2. The van der Waals surface area contributed by atoms with Crippen LogP contribution in [-0.2, 0) is 0 Å². The molecule has 1 aliphatic rings. The summed E-state index contributed by atoms with van der Waals surface area (Å²) < 4.78 is 70.1. The van der Waals surface area contributed by atoms with Crippen molar-refractivity contribution in [1.29, 1.82) is 0 Å². The van der Waals surface area contributed by atoms with Crippen molar-refractivity contribution in [1.82, 2.24) is 0 Å². The molecule has 0 unspecified atom stereocenters. The highest BCUT2D eigenvalue weighted by Crippen LogP contribution is 2.32. The maximum atomic E-state index is 13.4. The number of benzene rings is 1. The van der Waals surface area contributed by atoms with E-state index in [1.807, 2.05) is 0 Å². The highest BCUT2D eigenvalue weighted by atomic mass is 19.2. The second-order valence-electron chi connectivity index (χ2n) is 4.97. The normalized spacial score (nSPS) is 18.1. The standard InChI is InChI=1S/C13H13F5O2/c14-7-8(15)10(17)12(11(18)9(7)16)20-6-13(19)4-2-1-3-5-13/h19H,1-6H2. The number of halogens is 5. The Hall–Kier alpha value is -1.37. The average molecular weight is 296 g/mol. The lowest BCUT2D eigenvalue weighted by Crippen LogP contribution is -2.38. The van der Waals surface area contributed by atoms with E-state index in [1.165, 1.54) is 0 Å². The van der Waals surface area contributed by atoms with Crippen molar-refractivity contribution < 1.29 is 31.8 Å². The summed E-state index contributed by atoms with van der Waals surface area (Å²) in [6.45, 7) is -0.509. The minimum atomic E-state index is -2.23. The van der Waals surface area contributed by atoms with Gasteiger partial charge in [-0.3, -0.25) is 0 Å². The predicted molar refractivity (Wildman–Crippen MR) is 59.8 cm³/mol. The molecule has 0 bridgehead atoms. The summed E-state index contributed by atoms with van der Waals surface area (Å²) in [7, 11) is 0. The van der Waals surface area contributed by atoms with Gasteiger partial charge in [-0.25, -0.2) is 13.2 Å². The first kappa shape index (κ1) is 15.0. The number of rotatable bonds is 3. The lowest BCUT2D eigenvalue weighted by Gasteiger charge is -2.31. The molecule has 0 saturated heterocycles. The summed E-state index contributed by atoms with van der Waals surface area (Å²) in [6.07, 6.45) is 3.09. The molecule has 0 amide bonds. The summed E-state index contributed by atoms with van der Waals surface area (Å²) >= 11 is 0. The van der Waals surface area contributed by atoms with Crippen molar-refractivity contribution >= 4 is 0 Å². The number of hydrogen-bond donors (Lipinski definition) is 1. The molecule has 0 aliphatic heterocycles. The van der Waals surface area contributed by atoms with Crippen LogP contribution in [0.3, 0.4) is 0 Å². The van der Waals surface area contributed by atoms with Gasteiger partial charge in [-0.2, -0.15) is 8.78 Å². The van der Waals surface area contributed by atoms with Gasteiger partial charge in [0.2, 0.25) is 29.1 Å². The van der Waals surface area contributed by atoms with E-state index >= 15 is 0 Å². The fraction of sp³-hybridized carbons (Fsp3) is 0.538. The molecule has 0 heterocycles. The molecule has 7 heteroatoms. The van der Waals surface area contributed by atoms with Gasteiger partial charge in [-0.1, -0.05) is 19.3 Å². The topological polar surface area (TPSA) is 29.5 Å². The number of aliphatic hydroxyl groups is 1. The van der Waals surface area contributed by atoms with E-state index in [9.17, 15) is 27.1 Å². The highest BCUT2D eigenvalue weighted by molar-refractivity contribution is 5.29. The molecule has 1 aliphatic carbocycles. The zero-order valence-electron chi connectivity index (χ0n) is 10.5. The maximum Gasteiger partial charge on any atom is 0.206 e. The van der Waals surface area contributed by atoms with Crippen molar-refractivity contribution in [2.24, 2.45) is 0 Å². The van der Waals surface area contributed by atoms with Crippen LogP contribution >= 0.6 is 0 Å². The van der Waals surface area contributed by atoms with Gasteiger partial charge in [-0.15, -0.1) is 0 Å². The molecule has 1 saturated carbocycles. The molecule has 0 spiro atoms. The zero-order valence-corrected chi connectivity index (χ0v) is 10.5. The van der Waals surface area contributed by atoms with Gasteiger partial charge in [-0.05, 0) is 12.8 Å². The Morgan fingerprint density at radius 2 is 1.25 bits per heavy atom. The highest BCUT2D eigenvalue weighted by Gasteiger charge is 2.33. The van der Waals surface area contributed by atoms with Gasteiger partial charge in [0.05, 0.1) is 5.60 Å². The minimum Gasteiger partial charge on any atom is -0.484 e. The Labute approximate surface area is 112 Å². The van der Waals surface area contributed by atoms with Crippen LogP contribution in [0.4, 0.5) is 22.0 Å². The van der Waals surface area contributed by atoms with E-state index in [0.29, 0.717) is 12.8 Å². The van der Waals surface area contributed by atoms with E-state index in [0.717, 1.165) is 19.3 Å². The van der Waals surface area contributed by atoms with Crippen LogP contribution in [0.5, 0.6) is 5.75 Å². The SMILES string of the molecule is OC1(COc2c(F)c(F)c(F)c(F)c2F)CCCCC1. The van der Waals surface area contributed by atoms with Crippen LogP contribution < -0.4 is 4.74 Å². The zero-order chi connectivity index (χ0) is 14.9. The lowest BCUT2D eigenvalue weighted by atomic mass is 9.85. The third-order valence-electron chi connectivity index (χ3n) is 3.44. The van der Waals surface area contributed by atoms with Crippen LogP contribution in [-0.4, -0.2) is 17.3 Å². The number of hydrogen-bond acceptors (Lipinski definition) is 2. The van der Waals surface area contributed by atoms with Crippen LogP contribution in [0.2, 0.25) is 0 Å². The monoisotopic (exact) mass is 296 g/mol. The Morgan fingerprint density at radius 3 is 1.75 bits per heavy atom. The van der Waals surface area contributed by atoms with Crippen molar-refractivity contribution in [2.75, 3.05) is 6.61 Å². The Balaban J connectivity index is 2.21. The van der Waals surface area contributed by atoms with E-state index in [2.05, 4.69) is 4.74 Å². The fourth-order valence-electron chi connectivity index (χ4n) is 2.27. The third kappa shape index (κ3) is 2.72.